The summed E-state index contributed by atoms with van der Waals surface area (Å²) in [6.07, 6.45) is 10.7. The van der Waals surface area contributed by atoms with Gasteiger partial charge in [0.1, 0.15) is 17.8 Å². The van der Waals surface area contributed by atoms with Crippen LogP contribution in [0.3, 0.4) is 0 Å². The van der Waals surface area contributed by atoms with Crippen LogP contribution in [0.5, 0.6) is 0 Å². The van der Waals surface area contributed by atoms with Crippen LogP contribution >= 0.6 is 0 Å². The summed E-state index contributed by atoms with van der Waals surface area (Å²) in [5, 5.41) is 12.3. The maximum atomic E-state index is 12.3. The summed E-state index contributed by atoms with van der Waals surface area (Å²) in [5.74, 6) is 3.15. The summed E-state index contributed by atoms with van der Waals surface area (Å²) in [6.45, 7) is 14.8. The van der Waals surface area contributed by atoms with Crippen molar-refractivity contribution in [3.8, 4) is 0 Å². The Labute approximate surface area is 219 Å². The molecule has 0 aromatic carbocycles. The fourth-order valence-corrected chi connectivity index (χ4v) is 9.92. The third-order valence-electron chi connectivity index (χ3n) is 11.6. The van der Waals surface area contributed by atoms with E-state index < -0.39 is 11.7 Å². The molecule has 0 heterocycles. The van der Waals surface area contributed by atoms with E-state index in [9.17, 15) is 14.7 Å². The lowest BCUT2D eigenvalue weighted by atomic mass is 9.42. The predicted octanol–water partition coefficient (Wildman–Crippen LogP) is 6.70. The van der Waals surface area contributed by atoms with Crippen molar-refractivity contribution in [3.63, 3.8) is 0 Å². The molecule has 4 aliphatic carbocycles. The van der Waals surface area contributed by atoms with Crippen molar-refractivity contribution >= 4 is 11.9 Å². The highest BCUT2D eigenvalue weighted by Crippen LogP contribution is 2.69. The van der Waals surface area contributed by atoms with Gasteiger partial charge in [0.15, 0.2) is 0 Å². The largest absolute Gasteiger partial charge is 0.462 e. The molecule has 1 N–H and O–H groups in total. The number of rotatable bonds is 7. The van der Waals surface area contributed by atoms with E-state index in [2.05, 4.69) is 34.6 Å². The van der Waals surface area contributed by atoms with E-state index in [1.54, 1.807) is 0 Å². The number of carbonyl (C=O) groups is 2. The van der Waals surface area contributed by atoms with Gasteiger partial charge in [0.25, 0.3) is 0 Å². The molecule has 0 aromatic heterocycles. The lowest BCUT2D eigenvalue weighted by Gasteiger charge is -2.65. The topological polar surface area (TPSA) is 72.8 Å². The van der Waals surface area contributed by atoms with E-state index >= 15 is 0 Å². The van der Waals surface area contributed by atoms with Gasteiger partial charge in [0.05, 0.1) is 0 Å². The maximum absolute atomic E-state index is 12.3. The van der Waals surface area contributed by atoms with Crippen molar-refractivity contribution < 1.29 is 24.2 Å². The third kappa shape index (κ3) is 4.76. The zero-order valence-corrected chi connectivity index (χ0v) is 24.0. The number of hydrogen-bond acceptors (Lipinski definition) is 5. The first-order valence-electron chi connectivity index (χ1n) is 14.9. The van der Waals surface area contributed by atoms with Crippen LogP contribution in [0.15, 0.2) is 0 Å². The van der Waals surface area contributed by atoms with E-state index in [0.717, 1.165) is 43.4 Å². The Morgan fingerprint density at radius 1 is 0.917 bits per heavy atom. The van der Waals surface area contributed by atoms with Crippen molar-refractivity contribution in [2.75, 3.05) is 0 Å². The summed E-state index contributed by atoms with van der Waals surface area (Å²) < 4.78 is 11.5. The van der Waals surface area contributed by atoms with Gasteiger partial charge in [-0.15, -0.1) is 0 Å². The quantitative estimate of drug-likeness (QED) is 0.391. The van der Waals surface area contributed by atoms with Gasteiger partial charge in [-0.3, -0.25) is 9.59 Å². The molecular weight excluding hydrogens is 452 g/mol. The van der Waals surface area contributed by atoms with Gasteiger partial charge < -0.3 is 14.6 Å². The third-order valence-corrected chi connectivity index (χ3v) is 11.6. The van der Waals surface area contributed by atoms with Gasteiger partial charge >= 0.3 is 11.9 Å². The molecule has 5 heteroatoms. The Balaban J connectivity index is 1.59. The molecule has 4 rings (SSSR count). The molecule has 0 aromatic rings. The van der Waals surface area contributed by atoms with E-state index in [1.807, 2.05) is 0 Å². The highest BCUT2D eigenvalue weighted by Gasteiger charge is 2.68. The molecule has 0 bridgehead atoms. The molecule has 0 spiro atoms. The zero-order chi connectivity index (χ0) is 26.5. The Morgan fingerprint density at radius 2 is 1.61 bits per heavy atom. The first-order chi connectivity index (χ1) is 16.8. The average molecular weight is 505 g/mol. The van der Waals surface area contributed by atoms with Crippen LogP contribution in [0, 0.1) is 46.3 Å². The second kappa shape index (κ2) is 10.2. The summed E-state index contributed by atoms with van der Waals surface area (Å²) in [5.41, 5.74) is -1.16. The van der Waals surface area contributed by atoms with Gasteiger partial charge in [0, 0.05) is 25.7 Å². The van der Waals surface area contributed by atoms with Gasteiger partial charge in [-0.05, 0) is 85.9 Å². The molecule has 4 aliphatic rings. The van der Waals surface area contributed by atoms with Gasteiger partial charge in [-0.1, -0.05) is 53.9 Å². The predicted molar refractivity (Wildman–Crippen MR) is 141 cm³/mol. The van der Waals surface area contributed by atoms with Crippen LogP contribution in [0.4, 0.5) is 0 Å². The molecule has 36 heavy (non-hydrogen) atoms. The second-order valence-electron chi connectivity index (χ2n) is 14.1. The Hall–Kier alpha value is -1.10. The van der Waals surface area contributed by atoms with Crippen LogP contribution in [-0.4, -0.2) is 34.9 Å². The number of hydrogen-bond donors (Lipinski definition) is 1. The molecule has 4 saturated carbocycles. The van der Waals surface area contributed by atoms with Crippen LogP contribution in [-0.2, 0) is 19.1 Å². The Morgan fingerprint density at radius 3 is 2.25 bits per heavy atom. The summed E-state index contributed by atoms with van der Waals surface area (Å²) >= 11 is 0. The lowest BCUT2D eigenvalue weighted by Crippen LogP contribution is -2.69. The molecule has 206 valence electrons. The van der Waals surface area contributed by atoms with Gasteiger partial charge in [-0.2, -0.15) is 0 Å². The number of carbonyl (C=O) groups excluding carboxylic acids is 2. The fraction of sp³-hybridized carbons (Fsp3) is 0.935. The SMILES string of the molecule is CC(=O)O[C@H]1CC[C@]2(C)[C@H]3CC[C@]4(C)[C@@H]([C@@H](C)CCCC(C)C)CC[C@H]4[C@@H]3C[C@H](OC(C)=O)[C@@]2(O)C1. The van der Waals surface area contributed by atoms with Crippen LogP contribution < -0.4 is 0 Å². The first kappa shape index (κ1) is 27.9. The Bertz CT molecular complexity index is 824. The van der Waals surface area contributed by atoms with E-state index in [-0.39, 0.29) is 23.5 Å². The molecule has 0 aliphatic heterocycles. The normalized spacial score (nSPS) is 44.8. The molecule has 0 amide bonds. The van der Waals surface area contributed by atoms with Crippen molar-refractivity contribution in [1.82, 2.24) is 0 Å². The summed E-state index contributed by atoms with van der Waals surface area (Å²) in [6, 6.07) is 0. The molecule has 5 nitrogen and oxygen atoms in total. The highest BCUT2D eigenvalue weighted by atomic mass is 16.6. The van der Waals surface area contributed by atoms with E-state index in [0.29, 0.717) is 29.6 Å². The molecule has 0 saturated heterocycles. The molecule has 4 fully saturated rings. The number of esters is 2. The average Bonchev–Trinajstić information content (AvgIpc) is 3.12. The number of aliphatic hydroxyl groups is 1. The van der Waals surface area contributed by atoms with Crippen molar-refractivity contribution in [2.24, 2.45) is 46.3 Å². The lowest BCUT2D eigenvalue weighted by molar-refractivity contribution is -0.271. The smallest absolute Gasteiger partial charge is 0.303 e. The second-order valence-corrected chi connectivity index (χ2v) is 14.1. The van der Waals surface area contributed by atoms with E-state index in [4.69, 9.17) is 9.47 Å². The molecule has 10 atom stereocenters. The maximum Gasteiger partial charge on any atom is 0.303 e. The van der Waals surface area contributed by atoms with Crippen molar-refractivity contribution in [3.05, 3.63) is 0 Å². The van der Waals surface area contributed by atoms with Crippen molar-refractivity contribution in [1.29, 1.82) is 0 Å². The van der Waals surface area contributed by atoms with Crippen LogP contribution in [0.2, 0.25) is 0 Å². The Kier molecular flexibility index (Phi) is 7.93. The number of fused-ring (bicyclic) bond motifs is 5. The molecular formula is C31H52O5. The zero-order valence-electron chi connectivity index (χ0n) is 24.0. The van der Waals surface area contributed by atoms with Crippen molar-refractivity contribution in [2.45, 2.75) is 137 Å². The molecule has 0 unspecified atom stereocenters. The first-order valence-corrected chi connectivity index (χ1v) is 14.9. The standard InChI is InChI=1S/C31H52O5/c1-19(2)9-8-10-20(3)25-11-12-26-24-17-28(36-22(5)33)31(34)18-23(35-21(4)32)13-16-30(31,7)27(24)14-15-29(25,26)6/h19-20,23-28,34H,8-18H2,1-7H3/t20-,23-,24-,25+,26-,27-,28-,29+,30+,31-/m0/s1. The van der Waals surface area contributed by atoms with Gasteiger partial charge in [-0.25, -0.2) is 0 Å². The fourth-order valence-electron chi connectivity index (χ4n) is 9.92. The highest BCUT2D eigenvalue weighted by molar-refractivity contribution is 5.66. The minimum absolute atomic E-state index is 0.308. The number of ether oxygens (including phenoxy) is 2. The summed E-state index contributed by atoms with van der Waals surface area (Å²) in [7, 11) is 0. The minimum atomic E-state index is -1.16. The molecule has 0 radical (unpaired) electrons. The van der Waals surface area contributed by atoms with Crippen LogP contribution in [0.25, 0.3) is 0 Å². The minimum Gasteiger partial charge on any atom is -0.462 e. The summed E-state index contributed by atoms with van der Waals surface area (Å²) in [4.78, 5) is 23.9. The monoisotopic (exact) mass is 504 g/mol. The van der Waals surface area contributed by atoms with Gasteiger partial charge in [0.2, 0.25) is 0 Å². The van der Waals surface area contributed by atoms with E-state index in [1.165, 1.54) is 52.4 Å². The van der Waals surface area contributed by atoms with Crippen LogP contribution in [0.1, 0.15) is 119 Å².